The van der Waals surface area contributed by atoms with Crippen LogP contribution in [-0.2, 0) is 9.53 Å². The fourth-order valence-electron chi connectivity index (χ4n) is 2.30. The molecule has 14 heavy (non-hydrogen) atoms. The van der Waals surface area contributed by atoms with E-state index >= 15 is 0 Å². The minimum absolute atomic E-state index is 0.384. The lowest BCUT2D eigenvalue weighted by Crippen LogP contribution is -2.31. The summed E-state index contributed by atoms with van der Waals surface area (Å²) in [6.07, 6.45) is 6.33. The summed E-state index contributed by atoms with van der Waals surface area (Å²) in [7, 11) is 0. The van der Waals surface area contributed by atoms with E-state index in [1.807, 2.05) is 0 Å². The zero-order chi connectivity index (χ0) is 9.97. The first-order chi connectivity index (χ1) is 6.75. The average molecular weight is 197 g/mol. The molecular formula is C10H15NO3. The SMILES string of the molecule is O=C1N[C@@H](CC2CCCCC2)C(=O)O1. The van der Waals surface area contributed by atoms with Crippen LogP contribution in [0.3, 0.4) is 0 Å². The minimum Gasteiger partial charge on any atom is -0.375 e. The quantitative estimate of drug-likeness (QED) is 0.540. The van der Waals surface area contributed by atoms with Crippen molar-refractivity contribution in [1.29, 1.82) is 0 Å². The van der Waals surface area contributed by atoms with Gasteiger partial charge in [-0.3, -0.25) is 0 Å². The molecule has 1 atom stereocenters. The van der Waals surface area contributed by atoms with Crippen molar-refractivity contribution < 1.29 is 14.3 Å². The van der Waals surface area contributed by atoms with Crippen LogP contribution in [-0.4, -0.2) is 18.1 Å². The first-order valence-electron chi connectivity index (χ1n) is 5.28. The van der Waals surface area contributed by atoms with Gasteiger partial charge in [0.05, 0.1) is 0 Å². The summed E-state index contributed by atoms with van der Waals surface area (Å²) >= 11 is 0. The summed E-state index contributed by atoms with van der Waals surface area (Å²) in [5.41, 5.74) is 0. The highest BCUT2D eigenvalue weighted by atomic mass is 16.6. The van der Waals surface area contributed by atoms with Gasteiger partial charge in [0.25, 0.3) is 0 Å². The van der Waals surface area contributed by atoms with Gasteiger partial charge in [-0.1, -0.05) is 32.1 Å². The molecule has 1 saturated heterocycles. The van der Waals surface area contributed by atoms with Gasteiger partial charge in [-0.2, -0.15) is 0 Å². The molecule has 0 aromatic heterocycles. The van der Waals surface area contributed by atoms with Crippen molar-refractivity contribution in [3.63, 3.8) is 0 Å². The van der Waals surface area contributed by atoms with E-state index in [0.717, 1.165) is 6.42 Å². The summed E-state index contributed by atoms with van der Waals surface area (Å²) in [6.45, 7) is 0. The molecule has 2 aliphatic rings. The number of amides is 1. The predicted octanol–water partition coefficient (Wildman–Crippen LogP) is 1.59. The second kappa shape index (κ2) is 3.98. The van der Waals surface area contributed by atoms with Crippen molar-refractivity contribution in [2.24, 2.45) is 5.92 Å². The van der Waals surface area contributed by atoms with Crippen molar-refractivity contribution in [2.75, 3.05) is 0 Å². The van der Waals surface area contributed by atoms with E-state index in [2.05, 4.69) is 10.1 Å². The Hall–Kier alpha value is -1.06. The summed E-state index contributed by atoms with van der Waals surface area (Å²) in [6, 6.07) is -0.384. The number of ether oxygens (including phenoxy) is 1. The Bertz CT molecular complexity index is 246. The molecule has 0 radical (unpaired) electrons. The van der Waals surface area contributed by atoms with Crippen molar-refractivity contribution in [3.05, 3.63) is 0 Å². The molecule has 1 N–H and O–H groups in total. The Balaban J connectivity index is 1.84. The highest BCUT2D eigenvalue weighted by Crippen LogP contribution is 2.28. The van der Waals surface area contributed by atoms with Crippen molar-refractivity contribution >= 4 is 12.1 Å². The fourth-order valence-corrected chi connectivity index (χ4v) is 2.30. The van der Waals surface area contributed by atoms with Crippen LogP contribution in [0.1, 0.15) is 38.5 Å². The first-order valence-corrected chi connectivity index (χ1v) is 5.28. The minimum atomic E-state index is -0.587. The van der Waals surface area contributed by atoms with Gasteiger partial charge < -0.3 is 10.1 Å². The maximum absolute atomic E-state index is 11.2. The molecular weight excluding hydrogens is 182 g/mol. The summed E-state index contributed by atoms with van der Waals surface area (Å²) in [5, 5.41) is 2.54. The second-order valence-electron chi connectivity index (χ2n) is 4.15. The maximum Gasteiger partial charge on any atom is 0.415 e. The third kappa shape index (κ3) is 2.05. The lowest BCUT2D eigenvalue weighted by molar-refractivity contribution is -0.135. The van der Waals surface area contributed by atoms with Gasteiger partial charge in [-0.15, -0.1) is 0 Å². The number of carbonyl (C=O) groups excluding carboxylic acids is 2. The molecule has 4 nitrogen and oxygen atoms in total. The number of nitrogens with one attached hydrogen (secondary N) is 1. The summed E-state index contributed by atoms with van der Waals surface area (Å²) in [4.78, 5) is 21.9. The van der Waals surface area contributed by atoms with E-state index in [9.17, 15) is 9.59 Å². The van der Waals surface area contributed by atoms with Crippen LogP contribution in [0, 0.1) is 5.92 Å². The molecule has 2 fully saturated rings. The zero-order valence-electron chi connectivity index (χ0n) is 8.12. The Morgan fingerprint density at radius 2 is 1.93 bits per heavy atom. The molecule has 0 bridgehead atoms. The van der Waals surface area contributed by atoms with Crippen LogP contribution in [0.25, 0.3) is 0 Å². The number of carbonyl (C=O) groups is 2. The van der Waals surface area contributed by atoms with E-state index in [1.165, 1.54) is 32.1 Å². The Labute approximate surface area is 83.0 Å². The van der Waals surface area contributed by atoms with Crippen LogP contribution >= 0.6 is 0 Å². The van der Waals surface area contributed by atoms with Crippen LogP contribution in [0.5, 0.6) is 0 Å². The molecule has 78 valence electrons. The number of esters is 1. The Kier molecular flexibility index (Phi) is 2.70. The molecule has 0 unspecified atom stereocenters. The fraction of sp³-hybridized carbons (Fsp3) is 0.800. The molecule has 1 saturated carbocycles. The van der Waals surface area contributed by atoms with Crippen LogP contribution in [0.4, 0.5) is 4.79 Å². The Morgan fingerprint density at radius 3 is 2.50 bits per heavy atom. The van der Waals surface area contributed by atoms with E-state index < -0.39 is 12.1 Å². The lowest BCUT2D eigenvalue weighted by atomic mass is 9.85. The first kappa shape index (κ1) is 9.49. The van der Waals surface area contributed by atoms with Crippen LogP contribution < -0.4 is 5.32 Å². The van der Waals surface area contributed by atoms with E-state index in [0.29, 0.717) is 5.92 Å². The molecule has 0 aromatic carbocycles. The van der Waals surface area contributed by atoms with Gasteiger partial charge in [-0.05, 0) is 12.3 Å². The van der Waals surface area contributed by atoms with E-state index in [1.54, 1.807) is 0 Å². The van der Waals surface area contributed by atoms with Crippen LogP contribution in [0.2, 0.25) is 0 Å². The van der Waals surface area contributed by atoms with Crippen molar-refractivity contribution in [1.82, 2.24) is 5.32 Å². The number of rotatable bonds is 2. The topological polar surface area (TPSA) is 55.4 Å². The standard InChI is InChI=1S/C10H15NO3/c12-9-8(11-10(13)14-9)6-7-4-2-1-3-5-7/h7-8H,1-6H2,(H,11,13)/t8-/m0/s1. The second-order valence-corrected chi connectivity index (χ2v) is 4.15. The maximum atomic E-state index is 11.2. The van der Waals surface area contributed by atoms with Gasteiger partial charge in [-0.25, -0.2) is 9.59 Å². The highest BCUT2D eigenvalue weighted by Gasteiger charge is 2.34. The molecule has 0 aromatic rings. The average Bonchev–Trinajstić information content (AvgIpc) is 2.47. The van der Waals surface area contributed by atoms with Gasteiger partial charge >= 0.3 is 12.1 Å². The van der Waals surface area contributed by atoms with Crippen molar-refractivity contribution in [3.8, 4) is 0 Å². The third-order valence-electron chi connectivity index (χ3n) is 3.06. The number of hydrogen-bond donors (Lipinski definition) is 1. The van der Waals surface area contributed by atoms with E-state index in [-0.39, 0.29) is 6.04 Å². The smallest absolute Gasteiger partial charge is 0.375 e. The highest BCUT2D eigenvalue weighted by molar-refractivity contribution is 5.95. The number of alkyl carbamates (subject to hydrolysis) is 1. The third-order valence-corrected chi connectivity index (χ3v) is 3.06. The van der Waals surface area contributed by atoms with Gasteiger partial charge in [0.1, 0.15) is 6.04 Å². The number of hydrogen-bond acceptors (Lipinski definition) is 3. The molecule has 0 spiro atoms. The van der Waals surface area contributed by atoms with Crippen molar-refractivity contribution in [2.45, 2.75) is 44.6 Å². The molecule has 1 heterocycles. The zero-order valence-corrected chi connectivity index (χ0v) is 8.12. The normalized spacial score (nSPS) is 28.7. The predicted molar refractivity (Wildman–Crippen MR) is 49.6 cm³/mol. The number of cyclic esters (lactones) is 2. The Morgan fingerprint density at radius 1 is 1.21 bits per heavy atom. The van der Waals surface area contributed by atoms with Gasteiger partial charge in [0, 0.05) is 0 Å². The molecule has 1 amide bonds. The lowest BCUT2D eigenvalue weighted by Gasteiger charge is -2.22. The van der Waals surface area contributed by atoms with Crippen LogP contribution in [0.15, 0.2) is 0 Å². The molecule has 4 heteroatoms. The molecule has 1 aliphatic carbocycles. The van der Waals surface area contributed by atoms with Gasteiger partial charge in [0.2, 0.25) is 0 Å². The van der Waals surface area contributed by atoms with Gasteiger partial charge in [0.15, 0.2) is 0 Å². The largest absolute Gasteiger partial charge is 0.415 e. The summed E-state index contributed by atoms with van der Waals surface area (Å²) in [5.74, 6) is 0.181. The molecule has 2 rings (SSSR count). The summed E-state index contributed by atoms with van der Waals surface area (Å²) < 4.78 is 4.43. The monoisotopic (exact) mass is 197 g/mol. The molecule has 1 aliphatic heterocycles. The van der Waals surface area contributed by atoms with E-state index in [4.69, 9.17) is 0 Å².